The van der Waals surface area contributed by atoms with E-state index in [1.54, 1.807) is 0 Å². The summed E-state index contributed by atoms with van der Waals surface area (Å²) in [6, 6.07) is 0. The monoisotopic (exact) mass is 224 g/mol. The summed E-state index contributed by atoms with van der Waals surface area (Å²) in [5.41, 5.74) is 0. The Morgan fingerprint density at radius 1 is 0.875 bits per heavy atom. The smallest absolute Gasteiger partial charge is 0.0110 e. The predicted molar refractivity (Wildman–Crippen MR) is 69.7 cm³/mol. The fourth-order valence-corrected chi connectivity index (χ4v) is 3.09. The lowest BCUT2D eigenvalue weighted by atomic mass is 9.96. The van der Waals surface area contributed by atoms with Crippen LogP contribution in [0.1, 0.15) is 44.9 Å². The van der Waals surface area contributed by atoms with Crippen molar-refractivity contribution in [1.82, 2.24) is 9.80 Å². The molecule has 16 heavy (non-hydrogen) atoms. The number of piperazine rings is 1. The molecule has 2 rings (SSSR count). The third-order valence-corrected chi connectivity index (χ3v) is 4.42. The van der Waals surface area contributed by atoms with E-state index in [4.69, 9.17) is 0 Å². The van der Waals surface area contributed by atoms with Crippen molar-refractivity contribution in [1.29, 1.82) is 0 Å². The first kappa shape index (κ1) is 12.4. The van der Waals surface area contributed by atoms with Crippen molar-refractivity contribution in [2.45, 2.75) is 44.9 Å². The summed E-state index contributed by atoms with van der Waals surface area (Å²) >= 11 is 0. The lowest BCUT2D eigenvalue weighted by Crippen LogP contribution is -2.44. The Hall–Kier alpha value is -0.0800. The summed E-state index contributed by atoms with van der Waals surface area (Å²) in [7, 11) is 2.24. The molecule has 2 nitrogen and oxygen atoms in total. The lowest BCUT2D eigenvalue weighted by molar-refractivity contribution is 0.145. The van der Waals surface area contributed by atoms with Crippen LogP contribution in [0.5, 0.6) is 0 Å². The predicted octanol–water partition coefficient (Wildman–Crippen LogP) is 2.59. The summed E-state index contributed by atoms with van der Waals surface area (Å²) < 4.78 is 0. The van der Waals surface area contributed by atoms with Gasteiger partial charge in [-0.15, -0.1) is 0 Å². The number of rotatable bonds is 3. The van der Waals surface area contributed by atoms with E-state index in [1.807, 2.05) is 0 Å². The second-order valence-electron chi connectivity index (χ2n) is 5.79. The zero-order chi connectivity index (χ0) is 11.2. The molecule has 0 atom stereocenters. The fraction of sp³-hybridized carbons (Fsp3) is 1.00. The van der Waals surface area contributed by atoms with E-state index < -0.39 is 0 Å². The van der Waals surface area contributed by atoms with Gasteiger partial charge < -0.3 is 9.80 Å². The van der Waals surface area contributed by atoms with Crippen LogP contribution in [0.25, 0.3) is 0 Å². The van der Waals surface area contributed by atoms with Crippen LogP contribution < -0.4 is 0 Å². The average molecular weight is 224 g/mol. The molecular formula is C14H28N2. The van der Waals surface area contributed by atoms with E-state index >= 15 is 0 Å². The van der Waals surface area contributed by atoms with E-state index in [-0.39, 0.29) is 0 Å². The number of hydrogen-bond donors (Lipinski definition) is 0. The molecule has 0 aromatic rings. The second kappa shape index (κ2) is 6.61. The molecule has 1 heterocycles. The van der Waals surface area contributed by atoms with Gasteiger partial charge in [-0.25, -0.2) is 0 Å². The van der Waals surface area contributed by atoms with Crippen molar-refractivity contribution in [3.8, 4) is 0 Å². The van der Waals surface area contributed by atoms with Crippen LogP contribution in [0.3, 0.4) is 0 Å². The second-order valence-corrected chi connectivity index (χ2v) is 5.79. The molecule has 2 heteroatoms. The topological polar surface area (TPSA) is 6.48 Å². The van der Waals surface area contributed by atoms with Crippen LogP contribution >= 0.6 is 0 Å². The Balaban J connectivity index is 1.62. The molecule has 0 amide bonds. The van der Waals surface area contributed by atoms with Crippen LogP contribution in [0.2, 0.25) is 0 Å². The Morgan fingerprint density at radius 3 is 2.12 bits per heavy atom. The molecule has 0 aromatic carbocycles. The van der Waals surface area contributed by atoms with E-state index in [1.165, 1.54) is 77.7 Å². The molecule has 1 saturated heterocycles. The first-order chi connectivity index (χ1) is 7.84. The molecule has 0 unspecified atom stereocenters. The first-order valence-corrected chi connectivity index (χ1v) is 7.25. The molecule has 0 N–H and O–H groups in total. The van der Waals surface area contributed by atoms with E-state index in [0.29, 0.717) is 0 Å². The number of nitrogens with zero attached hydrogens (tertiary/aromatic N) is 2. The van der Waals surface area contributed by atoms with Crippen molar-refractivity contribution in [2.75, 3.05) is 39.8 Å². The molecule has 0 bridgehead atoms. The third kappa shape index (κ3) is 4.06. The molecule has 1 aliphatic heterocycles. The van der Waals surface area contributed by atoms with Gasteiger partial charge in [0.25, 0.3) is 0 Å². The maximum atomic E-state index is 2.67. The average Bonchev–Trinajstić information content (AvgIpc) is 2.57. The molecule has 0 radical (unpaired) electrons. The largest absolute Gasteiger partial charge is 0.304 e. The van der Waals surface area contributed by atoms with Crippen molar-refractivity contribution in [3.05, 3.63) is 0 Å². The zero-order valence-electron chi connectivity index (χ0n) is 11.0. The van der Waals surface area contributed by atoms with Crippen molar-refractivity contribution < 1.29 is 0 Å². The van der Waals surface area contributed by atoms with Gasteiger partial charge in [-0.05, 0) is 25.9 Å². The Bertz CT molecular complexity index is 177. The van der Waals surface area contributed by atoms with E-state index in [2.05, 4.69) is 16.8 Å². The van der Waals surface area contributed by atoms with Crippen molar-refractivity contribution in [3.63, 3.8) is 0 Å². The fourth-order valence-electron chi connectivity index (χ4n) is 3.09. The van der Waals surface area contributed by atoms with E-state index in [0.717, 1.165) is 5.92 Å². The van der Waals surface area contributed by atoms with Gasteiger partial charge in [0, 0.05) is 26.2 Å². The number of hydrogen-bond acceptors (Lipinski definition) is 2. The molecule has 1 aliphatic carbocycles. The zero-order valence-corrected chi connectivity index (χ0v) is 11.0. The quantitative estimate of drug-likeness (QED) is 0.680. The standard InChI is InChI=1S/C14H28N2/c1-15-10-12-16(13-11-15)9-8-14-6-4-2-3-5-7-14/h14H,2-13H2,1H3. The van der Waals surface area contributed by atoms with Gasteiger partial charge in [0.15, 0.2) is 0 Å². The molecule has 0 aromatic heterocycles. The van der Waals surface area contributed by atoms with Crippen LogP contribution in [-0.4, -0.2) is 49.6 Å². The Morgan fingerprint density at radius 2 is 1.50 bits per heavy atom. The highest BCUT2D eigenvalue weighted by molar-refractivity contribution is 4.72. The normalized spacial score (nSPS) is 26.8. The Labute approximate surface area is 101 Å². The van der Waals surface area contributed by atoms with Crippen LogP contribution in [0.4, 0.5) is 0 Å². The first-order valence-electron chi connectivity index (χ1n) is 7.25. The van der Waals surface area contributed by atoms with Crippen LogP contribution in [0, 0.1) is 5.92 Å². The number of likely N-dealkylation sites (N-methyl/N-ethyl adjacent to an activating group) is 1. The van der Waals surface area contributed by atoms with Crippen molar-refractivity contribution >= 4 is 0 Å². The highest BCUT2D eigenvalue weighted by Crippen LogP contribution is 2.25. The third-order valence-electron chi connectivity index (χ3n) is 4.42. The van der Waals surface area contributed by atoms with Crippen molar-refractivity contribution in [2.24, 2.45) is 5.92 Å². The maximum absolute atomic E-state index is 2.67. The maximum Gasteiger partial charge on any atom is 0.0110 e. The summed E-state index contributed by atoms with van der Waals surface area (Å²) in [4.78, 5) is 5.12. The van der Waals surface area contributed by atoms with E-state index in [9.17, 15) is 0 Å². The molecule has 1 saturated carbocycles. The van der Waals surface area contributed by atoms with Gasteiger partial charge >= 0.3 is 0 Å². The summed E-state index contributed by atoms with van der Waals surface area (Å²) in [6.45, 7) is 6.49. The lowest BCUT2D eigenvalue weighted by Gasteiger charge is -2.33. The van der Waals surface area contributed by atoms with Gasteiger partial charge in [0.2, 0.25) is 0 Å². The van der Waals surface area contributed by atoms with Gasteiger partial charge in [-0.2, -0.15) is 0 Å². The summed E-state index contributed by atoms with van der Waals surface area (Å²) in [5.74, 6) is 1.04. The molecule has 94 valence electrons. The molecular weight excluding hydrogens is 196 g/mol. The van der Waals surface area contributed by atoms with Crippen LogP contribution in [-0.2, 0) is 0 Å². The summed E-state index contributed by atoms with van der Waals surface area (Å²) in [6.07, 6.45) is 10.4. The summed E-state index contributed by atoms with van der Waals surface area (Å²) in [5, 5.41) is 0. The highest BCUT2D eigenvalue weighted by Gasteiger charge is 2.16. The van der Waals surface area contributed by atoms with Gasteiger partial charge in [0.05, 0.1) is 0 Å². The SMILES string of the molecule is CN1CCN(CCC2CCCCCC2)CC1. The molecule has 2 aliphatic rings. The molecule has 0 spiro atoms. The Kier molecular flexibility index (Phi) is 5.11. The minimum atomic E-state index is 1.04. The van der Waals surface area contributed by atoms with Gasteiger partial charge in [0.1, 0.15) is 0 Å². The minimum Gasteiger partial charge on any atom is -0.304 e. The minimum absolute atomic E-state index is 1.04. The van der Waals surface area contributed by atoms with Gasteiger partial charge in [-0.3, -0.25) is 0 Å². The molecule has 2 fully saturated rings. The highest BCUT2D eigenvalue weighted by atomic mass is 15.2. The van der Waals surface area contributed by atoms with Crippen LogP contribution in [0.15, 0.2) is 0 Å². The van der Waals surface area contributed by atoms with Gasteiger partial charge in [-0.1, -0.05) is 38.5 Å².